The van der Waals surface area contributed by atoms with Gasteiger partial charge in [0.15, 0.2) is 6.10 Å². The third-order valence-electron chi connectivity index (χ3n) is 3.69. The van der Waals surface area contributed by atoms with Crippen molar-refractivity contribution < 1.29 is 23.1 Å². The molecule has 0 saturated heterocycles. The minimum atomic E-state index is -2.72. The van der Waals surface area contributed by atoms with Gasteiger partial charge in [-0.25, -0.2) is 9.78 Å². The number of hydrogen-bond donors (Lipinski definition) is 1. The van der Waals surface area contributed by atoms with Gasteiger partial charge < -0.3 is 10.1 Å². The van der Waals surface area contributed by atoms with Gasteiger partial charge in [-0.2, -0.15) is 8.78 Å². The predicted molar refractivity (Wildman–Crippen MR) is 100 cm³/mol. The fourth-order valence-corrected chi connectivity index (χ4v) is 2.77. The highest BCUT2D eigenvalue weighted by Crippen LogP contribution is 2.27. The number of amides is 1. The van der Waals surface area contributed by atoms with Gasteiger partial charge in [-0.15, -0.1) is 0 Å². The molecule has 144 valence electrons. The number of nitrogens with zero attached hydrogens (tertiary/aromatic N) is 1. The number of aromatic nitrogens is 1. The molecule has 0 fully saturated rings. The van der Waals surface area contributed by atoms with Crippen LogP contribution in [0.4, 0.5) is 14.5 Å². The van der Waals surface area contributed by atoms with Crippen molar-refractivity contribution in [3.63, 3.8) is 0 Å². The first kappa shape index (κ1) is 20.8. The number of carbonyl (C=O) groups is 2. The van der Waals surface area contributed by atoms with Gasteiger partial charge in [0.25, 0.3) is 11.7 Å². The highest BCUT2D eigenvalue weighted by atomic mass is 32.2. The minimum absolute atomic E-state index is 0.108. The van der Waals surface area contributed by atoms with Crippen molar-refractivity contribution in [2.24, 2.45) is 0 Å². The van der Waals surface area contributed by atoms with E-state index in [0.717, 1.165) is 5.56 Å². The van der Waals surface area contributed by atoms with E-state index in [1.807, 2.05) is 12.1 Å². The van der Waals surface area contributed by atoms with Gasteiger partial charge >= 0.3 is 5.97 Å². The monoisotopic (exact) mass is 394 g/mol. The van der Waals surface area contributed by atoms with Crippen molar-refractivity contribution in [1.82, 2.24) is 4.98 Å². The second-order valence-corrected chi connectivity index (χ2v) is 7.03. The molecule has 0 bridgehead atoms. The summed E-state index contributed by atoms with van der Waals surface area (Å²) in [5, 5.41) is 2.51. The van der Waals surface area contributed by atoms with Crippen LogP contribution in [0.25, 0.3) is 0 Å². The van der Waals surface area contributed by atoms with Crippen LogP contribution in [0.1, 0.15) is 42.6 Å². The van der Waals surface area contributed by atoms with Gasteiger partial charge in [-0.05, 0) is 54.4 Å². The second kappa shape index (κ2) is 9.45. The van der Waals surface area contributed by atoms with Crippen molar-refractivity contribution in [2.45, 2.75) is 43.6 Å². The number of esters is 1. The summed E-state index contributed by atoms with van der Waals surface area (Å²) in [6.45, 7) is 5.54. The van der Waals surface area contributed by atoms with Gasteiger partial charge in [0.2, 0.25) is 0 Å². The van der Waals surface area contributed by atoms with Crippen LogP contribution in [0.2, 0.25) is 0 Å². The molecule has 0 aliphatic carbocycles. The van der Waals surface area contributed by atoms with Crippen LogP contribution in [0, 0.1) is 0 Å². The number of halogens is 2. The third-order valence-corrected chi connectivity index (χ3v) is 4.42. The largest absolute Gasteiger partial charge is 0.449 e. The zero-order valence-corrected chi connectivity index (χ0v) is 15.9. The Labute approximate surface area is 160 Å². The Morgan fingerprint density at radius 2 is 1.78 bits per heavy atom. The van der Waals surface area contributed by atoms with E-state index >= 15 is 0 Å². The lowest BCUT2D eigenvalue weighted by Gasteiger charge is -2.15. The minimum Gasteiger partial charge on any atom is -0.449 e. The summed E-state index contributed by atoms with van der Waals surface area (Å²) >= 11 is 0.149. The van der Waals surface area contributed by atoms with E-state index in [-0.39, 0.29) is 22.4 Å². The average Bonchev–Trinajstić information content (AvgIpc) is 2.61. The van der Waals surface area contributed by atoms with E-state index in [1.54, 1.807) is 12.1 Å². The number of ether oxygens (including phenoxy) is 1. The van der Waals surface area contributed by atoms with Crippen molar-refractivity contribution in [3.05, 3.63) is 53.7 Å². The number of alkyl halides is 2. The number of rotatable bonds is 7. The zero-order chi connectivity index (χ0) is 20.0. The number of carbonyl (C=O) groups excluding carboxylic acids is 2. The van der Waals surface area contributed by atoms with Gasteiger partial charge in [0.1, 0.15) is 5.03 Å². The zero-order valence-electron chi connectivity index (χ0n) is 15.1. The molecule has 1 amide bonds. The Balaban J connectivity index is 2.00. The SMILES string of the molecule is CC(C)c1ccc(NC(=O)[C@H](C)OC(=O)c2cccnc2SC(F)F)cc1. The summed E-state index contributed by atoms with van der Waals surface area (Å²) in [6.07, 6.45) is 0.199. The molecule has 0 aliphatic rings. The molecule has 2 aromatic rings. The second-order valence-electron chi connectivity index (χ2n) is 6.05. The molecule has 2 rings (SSSR count). The molecule has 0 spiro atoms. The van der Waals surface area contributed by atoms with E-state index in [0.29, 0.717) is 11.6 Å². The molecule has 5 nitrogen and oxygen atoms in total. The van der Waals surface area contributed by atoms with E-state index in [1.165, 1.54) is 25.3 Å². The first-order valence-corrected chi connectivity index (χ1v) is 9.17. The van der Waals surface area contributed by atoms with E-state index in [9.17, 15) is 18.4 Å². The summed E-state index contributed by atoms with van der Waals surface area (Å²) < 4.78 is 30.3. The van der Waals surface area contributed by atoms with Crippen LogP contribution in [0.5, 0.6) is 0 Å². The predicted octanol–water partition coefficient (Wildman–Crippen LogP) is 4.70. The number of thioether (sulfide) groups is 1. The maximum absolute atomic E-state index is 12.6. The first-order valence-electron chi connectivity index (χ1n) is 8.29. The van der Waals surface area contributed by atoms with Crippen LogP contribution in [-0.4, -0.2) is 28.7 Å². The molecule has 1 N–H and O–H groups in total. The number of anilines is 1. The first-order chi connectivity index (χ1) is 12.8. The Hall–Kier alpha value is -2.48. The van der Waals surface area contributed by atoms with E-state index in [4.69, 9.17) is 4.74 Å². The third kappa shape index (κ3) is 6.02. The maximum atomic E-state index is 12.6. The van der Waals surface area contributed by atoms with Gasteiger partial charge in [0.05, 0.1) is 5.56 Å². The quantitative estimate of drug-likeness (QED) is 0.544. The number of benzene rings is 1. The topological polar surface area (TPSA) is 68.3 Å². The summed E-state index contributed by atoms with van der Waals surface area (Å²) in [4.78, 5) is 28.2. The molecule has 0 aliphatic heterocycles. The molecule has 1 atom stereocenters. The van der Waals surface area contributed by atoms with Gasteiger partial charge in [-0.3, -0.25) is 4.79 Å². The molecule has 0 radical (unpaired) electrons. The number of hydrogen-bond acceptors (Lipinski definition) is 5. The van der Waals surface area contributed by atoms with Gasteiger partial charge in [0, 0.05) is 11.9 Å². The molecular weight excluding hydrogens is 374 g/mol. The van der Waals surface area contributed by atoms with Crippen LogP contribution in [0.3, 0.4) is 0 Å². The standard InChI is InChI=1S/C19H20F2N2O3S/c1-11(2)13-6-8-14(9-7-13)23-16(24)12(3)26-18(25)15-5-4-10-22-17(15)27-19(20)21/h4-12,19H,1-3H3,(H,23,24)/t12-/m0/s1. The summed E-state index contributed by atoms with van der Waals surface area (Å²) in [6, 6.07) is 10.1. The molecule has 27 heavy (non-hydrogen) atoms. The lowest BCUT2D eigenvalue weighted by atomic mass is 10.0. The van der Waals surface area contributed by atoms with Crippen molar-refractivity contribution in [1.29, 1.82) is 0 Å². The highest BCUT2D eigenvalue weighted by Gasteiger charge is 2.23. The van der Waals surface area contributed by atoms with Crippen LogP contribution in [0.15, 0.2) is 47.6 Å². The average molecular weight is 394 g/mol. The Morgan fingerprint density at radius 1 is 1.11 bits per heavy atom. The number of pyridine rings is 1. The molecular formula is C19H20F2N2O3S. The van der Waals surface area contributed by atoms with Crippen molar-refractivity contribution >= 4 is 29.3 Å². The summed E-state index contributed by atoms with van der Waals surface area (Å²) in [5.74, 6) is -3.76. The summed E-state index contributed by atoms with van der Waals surface area (Å²) in [5.41, 5.74) is 1.60. The van der Waals surface area contributed by atoms with Crippen molar-refractivity contribution in [2.75, 3.05) is 5.32 Å². The Morgan fingerprint density at radius 3 is 2.37 bits per heavy atom. The molecule has 0 saturated carbocycles. The lowest BCUT2D eigenvalue weighted by Crippen LogP contribution is -2.30. The molecule has 8 heteroatoms. The Bertz CT molecular complexity index is 798. The molecule has 1 aromatic heterocycles. The molecule has 1 heterocycles. The fraction of sp³-hybridized carbons (Fsp3) is 0.316. The van der Waals surface area contributed by atoms with Crippen molar-refractivity contribution in [3.8, 4) is 0 Å². The Kier molecular flexibility index (Phi) is 7.29. The smallest absolute Gasteiger partial charge is 0.341 e. The maximum Gasteiger partial charge on any atom is 0.341 e. The van der Waals surface area contributed by atoms with Crippen LogP contribution < -0.4 is 5.32 Å². The molecule has 0 unspecified atom stereocenters. The lowest BCUT2D eigenvalue weighted by molar-refractivity contribution is -0.123. The van der Waals surface area contributed by atoms with Crippen LogP contribution >= 0.6 is 11.8 Å². The highest BCUT2D eigenvalue weighted by molar-refractivity contribution is 7.99. The van der Waals surface area contributed by atoms with Crippen LogP contribution in [-0.2, 0) is 9.53 Å². The fourth-order valence-electron chi connectivity index (χ4n) is 2.20. The molecule has 1 aromatic carbocycles. The number of nitrogens with one attached hydrogen (secondary N) is 1. The summed E-state index contributed by atoms with van der Waals surface area (Å²) in [7, 11) is 0. The normalized spacial score (nSPS) is 12.1. The van der Waals surface area contributed by atoms with E-state index in [2.05, 4.69) is 24.1 Å². The van der Waals surface area contributed by atoms with E-state index < -0.39 is 23.7 Å². The van der Waals surface area contributed by atoms with Gasteiger partial charge in [-0.1, -0.05) is 26.0 Å².